The molecule has 1 amide bonds. The Kier molecular flexibility index (Phi) is 4.52. The average Bonchev–Trinajstić information content (AvgIpc) is 3.15. The maximum atomic E-state index is 13.0. The molecule has 0 spiro atoms. The number of carbonyl (C=O) groups excluding carboxylic acids is 1. The summed E-state index contributed by atoms with van der Waals surface area (Å²) in [5.41, 5.74) is 1.51. The number of hydrogen-bond acceptors (Lipinski definition) is 5. The molecule has 0 fully saturated rings. The molecule has 0 radical (unpaired) electrons. The summed E-state index contributed by atoms with van der Waals surface area (Å²) in [4.78, 5) is 21.0. The van der Waals surface area contributed by atoms with Crippen LogP contribution < -0.4 is 5.32 Å². The molecule has 0 bridgehead atoms. The van der Waals surface area contributed by atoms with E-state index in [0.29, 0.717) is 27.5 Å². The molecule has 8 heteroatoms. The molecule has 2 heterocycles. The van der Waals surface area contributed by atoms with Crippen LogP contribution >= 0.6 is 11.6 Å². The highest BCUT2D eigenvalue weighted by Crippen LogP contribution is 2.22. The molecule has 0 aliphatic carbocycles. The van der Waals surface area contributed by atoms with Crippen molar-refractivity contribution in [1.29, 1.82) is 0 Å². The minimum atomic E-state index is -0.354. The van der Waals surface area contributed by atoms with E-state index in [1.54, 1.807) is 24.4 Å². The van der Waals surface area contributed by atoms with Gasteiger partial charge in [-0.05, 0) is 42.5 Å². The summed E-state index contributed by atoms with van der Waals surface area (Å²) in [6.45, 7) is 0.0599. The number of pyridine rings is 1. The number of fused-ring (bicyclic) bond motifs is 1. The molecular formula is C19H12ClFN4O2. The monoisotopic (exact) mass is 382 g/mol. The highest BCUT2D eigenvalue weighted by atomic mass is 35.5. The van der Waals surface area contributed by atoms with E-state index in [1.165, 1.54) is 24.3 Å². The molecule has 4 rings (SSSR count). The Morgan fingerprint density at radius 2 is 2.00 bits per heavy atom. The number of carbonyl (C=O) groups is 1. The number of amides is 1. The van der Waals surface area contributed by atoms with E-state index in [-0.39, 0.29) is 24.2 Å². The van der Waals surface area contributed by atoms with Gasteiger partial charge in [0.25, 0.3) is 11.8 Å². The van der Waals surface area contributed by atoms with Gasteiger partial charge in [0, 0.05) is 22.2 Å². The molecule has 2 aromatic carbocycles. The SMILES string of the molecule is O=C(NCc1noc(-c2ccc(F)cc2)n1)c1cc(Cl)cc2cccnc12. The van der Waals surface area contributed by atoms with Crippen molar-refractivity contribution in [3.63, 3.8) is 0 Å². The van der Waals surface area contributed by atoms with Crippen LogP contribution in [0, 0.1) is 5.82 Å². The molecule has 0 aliphatic heterocycles. The maximum absolute atomic E-state index is 13.0. The quantitative estimate of drug-likeness (QED) is 0.576. The van der Waals surface area contributed by atoms with Crippen molar-refractivity contribution >= 4 is 28.4 Å². The number of hydrogen-bond donors (Lipinski definition) is 1. The van der Waals surface area contributed by atoms with Gasteiger partial charge in [-0.15, -0.1) is 0 Å². The van der Waals surface area contributed by atoms with Gasteiger partial charge in [0.15, 0.2) is 5.82 Å². The topological polar surface area (TPSA) is 80.9 Å². The van der Waals surface area contributed by atoms with Crippen LogP contribution in [-0.2, 0) is 6.54 Å². The smallest absolute Gasteiger partial charge is 0.257 e. The number of rotatable bonds is 4. The van der Waals surface area contributed by atoms with Gasteiger partial charge < -0.3 is 9.84 Å². The largest absolute Gasteiger partial charge is 0.345 e. The van der Waals surface area contributed by atoms with Gasteiger partial charge in [0.05, 0.1) is 17.6 Å². The first kappa shape index (κ1) is 17.1. The van der Waals surface area contributed by atoms with Crippen molar-refractivity contribution < 1.29 is 13.7 Å². The zero-order valence-corrected chi connectivity index (χ0v) is 14.6. The molecule has 1 N–H and O–H groups in total. The summed E-state index contributed by atoms with van der Waals surface area (Å²) in [6, 6.07) is 12.6. The molecule has 134 valence electrons. The number of halogens is 2. The standard InChI is InChI=1S/C19H12ClFN4O2/c20-13-8-12-2-1-7-22-17(12)15(9-13)18(26)23-10-16-24-19(27-25-16)11-3-5-14(21)6-4-11/h1-9H,10H2,(H,23,26). The lowest BCUT2D eigenvalue weighted by Gasteiger charge is -2.06. The van der Waals surface area contributed by atoms with E-state index in [0.717, 1.165) is 5.39 Å². The molecule has 0 saturated heterocycles. The van der Waals surface area contributed by atoms with E-state index in [9.17, 15) is 9.18 Å². The second-order valence-corrected chi connectivity index (χ2v) is 6.17. The van der Waals surface area contributed by atoms with Crippen molar-refractivity contribution in [1.82, 2.24) is 20.4 Å². The van der Waals surface area contributed by atoms with Crippen LogP contribution in [0.1, 0.15) is 16.2 Å². The lowest BCUT2D eigenvalue weighted by Crippen LogP contribution is -2.23. The Hall–Kier alpha value is -3.32. The second kappa shape index (κ2) is 7.13. The third-order valence-electron chi connectivity index (χ3n) is 3.88. The minimum absolute atomic E-state index is 0.0599. The Bertz CT molecular complexity index is 1130. The van der Waals surface area contributed by atoms with Gasteiger partial charge >= 0.3 is 0 Å². The molecule has 27 heavy (non-hydrogen) atoms. The summed E-state index contributed by atoms with van der Waals surface area (Å²) in [6.07, 6.45) is 1.61. The first-order valence-electron chi connectivity index (χ1n) is 8.01. The van der Waals surface area contributed by atoms with Gasteiger partial charge in [0.2, 0.25) is 0 Å². The van der Waals surface area contributed by atoms with Gasteiger partial charge in [-0.2, -0.15) is 4.98 Å². The molecule has 0 unspecified atom stereocenters. The van der Waals surface area contributed by atoms with Gasteiger partial charge in [-0.1, -0.05) is 22.8 Å². The van der Waals surface area contributed by atoms with E-state index >= 15 is 0 Å². The van der Waals surface area contributed by atoms with Crippen LogP contribution in [0.15, 0.2) is 59.3 Å². The normalized spacial score (nSPS) is 10.9. The number of nitrogens with one attached hydrogen (secondary N) is 1. The van der Waals surface area contributed by atoms with Gasteiger partial charge in [-0.3, -0.25) is 9.78 Å². The number of benzene rings is 2. The predicted octanol–water partition coefficient (Wildman–Crippen LogP) is 4.01. The Morgan fingerprint density at radius 1 is 1.19 bits per heavy atom. The van der Waals surface area contributed by atoms with Crippen LogP contribution in [0.4, 0.5) is 4.39 Å². The fourth-order valence-corrected chi connectivity index (χ4v) is 2.85. The average molecular weight is 383 g/mol. The molecule has 6 nitrogen and oxygen atoms in total. The third-order valence-corrected chi connectivity index (χ3v) is 4.10. The van der Waals surface area contributed by atoms with Crippen LogP contribution in [0.2, 0.25) is 5.02 Å². The van der Waals surface area contributed by atoms with E-state index in [2.05, 4.69) is 20.4 Å². The number of aromatic nitrogens is 3. The fraction of sp³-hybridized carbons (Fsp3) is 0.0526. The molecule has 0 saturated carbocycles. The Labute approximate surface area is 158 Å². The van der Waals surface area contributed by atoms with E-state index in [4.69, 9.17) is 16.1 Å². The predicted molar refractivity (Wildman–Crippen MR) is 97.6 cm³/mol. The van der Waals surface area contributed by atoms with Crippen LogP contribution in [0.3, 0.4) is 0 Å². The van der Waals surface area contributed by atoms with Crippen molar-refractivity contribution in [2.75, 3.05) is 0 Å². The van der Waals surface area contributed by atoms with Crippen molar-refractivity contribution in [3.8, 4) is 11.5 Å². The first-order valence-corrected chi connectivity index (χ1v) is 8.39. The Balaban J connectivity index is 1.51. The lowest BCUT2D eigenvalue weighted by molar-refractivity contribution is 0.0951. The van der Waals surface area contributed by atoms with Crippen molar-refractivity contribution in [3.05, 3.63) is 77.0 Å². The minimum Gasteiger partial charge on any atom is -0.345 e. The van der Waals surface area contributed by atoms with Crippen LogP contribution in [0.25, 0.3) is 22.4 Å². The van der Waals surface area contributed by atoms with Gasteiger partial charge in [0.1, 0.15) is 5.82 Å². The second-order valence-electron chi connectivity index (χ2n) is 5.73. The Morgan fingerprint density at radius 3 is 2.81 bits per heavy atom. The highest BCUT2D eigenvalue weighted by Gasteiger charge is 2.14. The molecule has 0 aliphatic rings. The summed E-state index contributed by atoms with van der Waals surface area (Å²) < 4.78 is 18.1. The maximum Gasteiger partial charge on any atom is 0.257 e. The fourth-order valence-electron chi connectivity index (χ4n) is 2.62. The summed E-state index contributed by atoms with van der Waals surface area (Å²) >= 11 is 6.09. The summed E-state index contributed by atoms with van der Waals surface area (Å²) in [5.74, 6) is -0.168. The summed E-state index contributed by atoms with van der Waals surface area (Å²) in [5, 5.41) is 7.77. The van der Waals surface area contributed by atoms with Crippen molar-refractivity contribution in [2.24, 2.45) is 0 Å². The zero-order chi connectivity index (χ0) is 18.8. The van der Waals surface area contributed by atoms with Crippen molar-refractivity contribution in [2.45, 2.75) is 6.54 Å². The van der Waals surface area contributed by atoms with E-state index in [1.807, 2.05) is 6.07 Å². The van der Waals surface area contributed by atoms with Crippen LogP contribution in [-0.4, -0.2) is 21.0 Å². The highest BCUT2D eigenvalue weighted by molar-refractivity contribution is 6.32. The summed E-state index contributed by atoms with van der Waals surface area (Å²) in [7, 11) is 0. The molecule has 4 aromatic rings. The van der Waals surface area contributed by atoms with Crippen LogP contribution in [0.5, 0.6) is 0 Å². The molecule has 2 aromatic heterocycles. The van der Waals surface area contributed by atoms with E-state index < -0.39 is 0 Å². The van der Waals surface area contributed by atoms with Gasteiger partial charge in [-0.25, -0.2) is 4.39 Å². The molecule has 0 atom stereocenters. The lowest BCUT2D eigenvalue weighted by atomic mass is 10.1. The third kappa shape index (κ3) is 3.63. The number of nitrogens with zero attached hydrogens (tertiary/aromatic N) is 3. The zero-order valence-electron chi connectivity index (χ0n) is 13.8. The molecular weight excluding hydrogens is 371 g/mol. The first-order chi connectivity index (χ1) is 13.1.